The molecule has 144 valence electrons. The van der Waals surface area contributed by atoms with Gasteiger partial charge in [-0.2, -0.15) is 0 Å². The van der Waals surface area contributed by atoms with E-state index in [1.807, 2.05) is 24.3 Å². The number of nitrogens with one attached hydrogen (secondary N) is 1. The van der Waals surface area contributed by atoms with E-state index in [4.69, 9.17) is 4.74 Å². The number of hydrogen-bond acceptors (Lipinski definition) is 6. The number of rotatable bonds is 5. The molecule has 1 N–H and O–H groups in total. The molecule has 0 aliphatic carbocycles. The molecule has 1 heterocycles. The summed E-state index contributed by atoms with van der Waals surface area (Å²) in [6, 6.07) is 14.1. The summed E-state index contributed by atoms with van der Waals surface area (Å²) < 4.78 is 6.54. The Labute approximate surface area is 162 Å². The Balaban J connectivity index is 1.52. The number of benzene rings is 2. The highest BCUT2D eigenvalue weighted by atomic mass is 16.5. The van der Waals surface area contributed by atoms with Crippen LogP contribution in [0.5, 0.6) is 0 Å². The molecule has 0 aliphatic heterocycles. The Morgan fingerprint density at radius 2 is 1.71 bits per heavy atom. The predicted molar refractivity (Wildman–Crippen MR) is 103 cm³/mol. The molecule has 0 saturated carbocycles. The monoisotopic (exact) mass is 379 g/mol. The van der Waals surface area contributed by atoms with Crippen LogP contribution in [0, 0.1) is 0 Å². The third-order valence-electron chi connectivity index (χ3n) is 4.09. The number of hydrogen-bond donors (Lipinski definition) is 1. The fraction of sp³-hybridized carbons (Fsp3) is 0.250. The van der Waals surface area contributed by atoms with Crippen molar-refractivity contribution in [2.24, 2.45) is 0 Å². The number of ether oxygens (including phenoxy) is 1. The van der Waals surface area contributed by atoms with Gasteiger partial charge < -0.3 is 10.1 Å². The van der Waals surface area contributed by atoms with Crippen LogP contribution in [0.1, 0.15) is 36.7 Å². The van der Waals surface area contributed by atoms with Gasteiger partial charge in [0.25, 0.3) is 5.91 Å². The van der Waals surface area contributed by atoms with Gasteiger partial charge in [0.1, 0.15) is 6.33 Å². The fourth-order valence-electron chi connectivity index (χ4n) is 2.49. The Hall–Kier alpha value is -3.55. The van der Waals surface area contributed by atoms with Crippen molar-refractivity contribution in [2.45, 2.75) is 26.2 Å². The summed E-state index contributed by atoms with van der Waals surface area (Å²) in [6.45, 7) is 5.99. The molecule has 1 aromatic heterocycles. The van der Waals surface area contributed by atoms with Gasteiger partial charge in [-0.1, -0.05) is 32.9 Å². The van der Waals surface area contributed by atoms with Gasteiger partial charge in [0, 0.05) is 5.69 Å². The smallest absolute Gasteiger partial charge is 0.338 e. The second-order valence-corrected chi connectivity index (χ2v) is 7.25. The molecule has 0 bridgehead atoms. The van der Waals surface area contributed by atoms with E-state index in [2.05, 4.69) is 41.6 Å². The van der Waals surface area contributed by atoms with Gasteiger partial charge in [-0.05, 0) is 57.8 Å². The molecular weight excluding hydrogens is 358 g/mol. The lowest BCUT2D eigenvalue weighted by atomic mass is 9.87. The zero-order valence-corrected chi connectivity index (χ0v) is 15.9. The normalized spacial score (nSPS) is 11.1. The molecule has 0 aliphatic rings. The number of anilines is 1. The van der Waals surface area contributed by atoms with Crippen molar-refractivity contribution in [3.8, 4) is 5.69 Å². The summed E-state index contributed by atoms with van der Waals surface area (Å²) >= 11 is 0. The number of amides is 1. The van der Waals surface area contributed by atoms with E-state index in [9.17, 15) is 9.59 Å². The van der Waals surface area contributed by atoms with Crippen LogP contribution in [0.25, 0.3) is 5.69 Å². The van der Waals surface area contributed by atoms with E-state index in [0.29, 0.717) is 16.9 Å². The van der Waals surface area contributed by atoms with Crippen LogP contribution < -0.4 is 5.32 Å². The molecule has 0 unspecified atom stereocenters. The first-order chi connectivity index (χ1) is 13.3. The second kappa shape index (κ2) is 7.99. The fourth-order valence-corrected chi connectivity index (χ4v) is 2.49. The molecule has 1 amide bonds. The van der Waals surface area contributed by atoms with Crippen molar-refractivity contribution < 1.29 is 14.3 Å². The maximum Gasteiger partial charge on any atom is 0.338 e. The summed E-state index contributed by atoms with van der Waals surface area (Å²) in [5, 5.41) is 13.6. The van der Waals surface area contributed by atoms with Crippen molar-refractivity contribution in [2.75, 3.05) is 11.9 Å². The topological polar surface area (TPSA) is 99.0 Å². The first-order valence-corrected chi connectivity index (χ1v) is 8.74. The number of nitrogens with zero attached hydrogens (tertiary/aromatic N) is 4. The molecule has 8 nitrogen and oxygen atoms in total. The summed E-state index contributed by atoms with van der Waals surface area (Å²) in [5.41, 5.74) is 2.90. The lowest BCUT2D eigenvalue weighted by Crippen LogP contribution is -2.21. The minimum absolute atomic E-state index is 0.0397. The summed E-state index contributed by atoms with van der Waals surface area (Å²) in [6.07, 6.45) is 1.45. The number of tetrazole rings is 1. The maximum atomic E-state index is 12.1. The van der Waals surface area contributed by atoms with Crippen molar-refractivity contribution in [3.05, 3.63) is 66.0 Å². The van der Waals surface area contributed by atoms with Gasteiger partial charge in [0.05, 0.1) is 11.3 Å². The zero-order chi connectivity index (χ0) is 20.1. The lowest BCUT2D eigenvalue weighted by molar-refractivity contribution is -0.119. The molecule has 0 saturated heterocycles. The molecule has 3 rings (SSSR count). The van der Waals surface area contributed by atoms with Crippen LogP contribution in [0.2, 0.25) is 0 Å². The number of aromatic nitrogens is 4. The third kappa shape index (κ3) is 4.79. The number of carbonyl (C=O) groups excluding carboxylic acids is 2. The van der Waals surface area contributed by atoms with Gasteiger partial charge in [0.2, 0.25) is 0 Å². The largest absolute Gasteiger partial charge is 0.452 e. The standard InChI is InChI=1S/C20H21N5O3/c1-20(2,3)15-6-8-16(9-7-15)22-18(26)12-28-19(27)14-4-10-17(11-5-14)25-13-21-23-24-25/h4-11,13H,12H2,1-3H3,(H,22,26). The summed E-state index contributed by atoms with van der Waals surface area (Å²) in [4.78, 5) is 24.1. The Morgan fingerprint density at radius 3 is 2.29 bits per heavy atom. The maximum absolute atomic E-state index is 12.1. The summed E-state index contributed by atoms with van der Waals surface area (Å²) in [7, 11) is 0. The van der Waals surface area contributed by atoms with Crippen LogP contribution in [-0.4, -0.2) is 38.7 Å². The Kier molecular flexibility index (Phi) is 5.49. The average molecular weight is 379 g/mol. The molecular formula is C20H21N5O3. The van der Waals surface area contributed by atoms with Crippen LogP contribution in [-0.2, 0) is 14.9 Å². The molecule has 3 aromatic rings. The van der Waals surface area contributed by atoms with Crippen molar-refractivity contribution in [1.29, 1.82) is 0 Å². The second-order valence-electron chi connectivity index (χ2n) is 7.25. The minimum atomic E-state index is -0.582. The zero-order valence-electron chi connectivity index (χ0n) is 15.9. The summed E-state index contributed by atoms with van der Waals surface area (Å²) in [5.74, 6) is -0.983. The first kappa shape index (κ1) is 19.2. The molecule has 0 radical (unpaired) electrons. The van der Waals surface area contributed by atoms with Gasteiger partial charge in [-0.3, -0.25) is 4.79 Å². The van der Waals surface area contributed by atoms with Crippen molar-refractivity contribution in [3.63, 3.8) is 0 Å². The van der Waals surface area contributed by atoms with Gasteiger partial charge in [-0.15, -0.1) is 5.10 Å². The van der Waals surface area contributed by atoms with Crippen LogP contribution >= 0.6 is 0 Å². The van der Waals surface area contributed by atoms with Gasteiger partial charge in [-0.25, -0.2) is 9.48 Å². The highest BCUT2D eigenvalue weighted by Gasteiger charge is 2.14. The van der Waals surface area contributed by atoms with Crippen LogP contribution in [0.15, 0.2) is 54.9 Å². The average Bonchev–Trinajstić information content (AvgIpc) is 3.21. The van der Waals surface area contributed by atoms with Crippen LogP contribution in [0.3, 0.4) is 0 Å². The molecule has 0 fully saturated rings. The Morgan fingerprint density at radius 1 is 1.04 bits per heavy atom. The number of esters is 1. The van der Waals surface area contributed by atoms with Crippen molar-refractivity contribution in [1.82, 2.24) is 20.2 Å². The van der Waals surface area contributed by atoms with Gasteiger partial charge in [0.15, 0.2) is 6.61 Å². The van der Waals surface area contributed by atoms with E-state index < -0.39 is 11.9 Å². The highest BCUT2D eigenvalue weighted by molar-refractivity contribution is 5.95. The minimum Gasteiger partial charge on any atom is -0.452 e. The first-order valence-electron chi connectivity index (χ1n) is 8.74. The van der Waals surface area contributed by atoms with Crippen molar-refractivity contribution >= 4 is 17.6 Å². The lowest BCUT2D eigenvalue weighted by Gasteiger charge is -2.19. The molecule has 2 aromatic carbocycles. The molecule has 0 atom stereocenters. The Bertz CT molecular complexity index is 943. The quantitative estimate of drug-likeness (QED) is 0.685. The van der Waals surface area contributed by atoms with E-state index in [1.165, 1.54) is 16.6 Å². The molecule has 8 heteroatoms. The van der Waals surface area contributed by atoms with E-state index in [-0.39, 0.29) is 12.0 Å². The predicted octanol–water partition coefficient (Wildman–Crippen LogP) is 2.76. The molecule has 0 spiro atoms. The molecule has 28 heavy (non-hydrogen) atoms. The van der Waals surface area contributed by atoms with Crippen LogP contribution in [0.4, 0.5) is 5.69 Å². The SMILES string of the molecule is CC(C)(C)c1ccc(NC(=O)COC(=O)c2ccc(-n3cnnn3)cc2)cc1. The number of carbonyl (C=O) groups is 2. The van der Waals surface area contributed by atoms with E-state index in [1.54, 1.807) is 24.3 Å². The third-order valence-corrected chi connectivity index (χ3v) is 4.09. The highest BCUT2D eigenvalue weighted by Crippen LogP contribution is 2.23. The van der Waals surface area contributed by atoms with Gasteiger partial charge >= 0.3 is 5.97 Å². The van der Waals surface area contributed by atoms with E-state index in [0.717, 1.165) is 0 Å². The van der Waals surface area contributed by atoms with E-state index >= 15 is 0 Å².